The summed E-state index contributed by atoms with van der Waals surface area (Å²) in [5.41, 5.74) is 3.29. The highest BCUT2D eigenvalue weighted by molar-refractivity contribution is 7.18. The first-order chi connectivity index (χ1) is 11.7. The number of para-hydroxylation sites is 1. The molecule has 0 bridgehead atoms. The minimum atomic E-state index is 0.751. The zero-order valence-corrected chi connectivity index (χ0v) is 14.4. The molecule has 0 saturated heterocycles. The average molecular weight is 331 g/mol. The molecule has 0 amide bonds. The van der Waals surface area contributed by atoms with Crippen LogP contribution < -0.4 is 5.32 Å². The molecule has 4 heteroatoms. The Morgan fingerprint density at radius 2 is 1.62 bits per heavy atom. The fourth-order valence-electron chi connectivity index (χ4n) is 2.69. The highest BCUT2D eigenvalue weighted by Gasteiger charge is 2.12. The monoisotopic (exact) mass is 331 g/mol. The number of fused-ring (bicyclic) bond motifs is 1. The van der Waals surface area contributed by atoms with Gasteiger partial charge in [0.2, 0.25) is 0 Å². The van der Waals surface area contributed by atoms with Crippen LogP contribution in [0, 0.1) is 13.8 Å². The summed E-state index contributed by atoms with van der Waals surface area (Å²) < 4.78 is 0. The van der Waals surface area contributed by atoms with Crippen molar-refractivity contribution in [2.24, 2.45) is 0 Å². The number of aromatic nitrogens is 2. The molecule has 2 heterocycles. The van der Waals surface area contributed by atoms with E-state index in [-0.39, 0.29) is 0 Å². The Morgan fingerprint density at radius 3 is 2.42 bits per heavy atom. The SMILES string of the molecule is Cc1cc2c(Nc3ccccc3C)nc(-c3ccccc3)nc2s1. The maximum Gasteiger partial charge on any atom is 0.163 e. The van der Waals surface area contributed by atoms with Gasteiger partial charge in [-0.15, -0.1) is 11.3 Å². The molecule has 2 aromatic carbocycles. The van der Waals surface area contributed by atoms with E-state index in [2.05, 4.69) is 37.4 Å². The zero-order chi connectivity index (χ0) is 16.5. The summed E-state index contributed by atoms with van der Waals surface area (Å²) >= 11 is 1.70. The van der Waals surface area contributed by atoms with Crippen LogP contribution in [0.2, 0.25) is 0 Å². The van der Waals surface area contributed by atoms with Crippen molar-refractivity contribution < 1.29 is 0 Å². The van der Waals surface area contributed by atoms with Gasteiger partial charge >= 0.3 is 0 Å². The first kappa shape index (κ1) is 14.8. The summed E-state index contributed by atoms with van der Waals surface area (Å²) in [6.07, 6.45) is 0. The first-order valence-corrected chi connectivity index (χ1v) is 8.68. The van der Waals surface area contributed by atoms with Crippen LogP contribution >= 0.6 is 11.3 Å². The van der Waals surface area contributed by atoms with Gasteiger partial charge in [-0.25, -0.2) is 9.97 Å². The number of nitrogens with zero attached hydrogens (tertiary/aromatic N) is 2. The van der Waals surface area contributed by atoms with E-state index in [4.69, 9.17) is 9.97 Å². The number of hydrogen-bond donors (Lipinski definition) is 1. The molecule has 118 valence electrons. The lowest BCUT2D eigenvalue weighted by Crippen LogP contribution is -1.99. The van der Waals surface area contributed by atoms with Crippen molar-refractivity contribution in [3.63, 3.8) is 0 Å². The molecule has 0 saturated carbocycles. The van der Waals surface area contributed by atoms with Gasteiger partial charge in [0, 0.05) is 16.1 Å². The number of hydrogen-bond acceptors (Lipinski definition) is 4. The fourth-order valence-corrected chi connectivity index (χ4v) is 3.57. The number of anilines is 2. The van der Waals surface area contributed by atoms with Gasteiger partial charge < -0.3 is 5.32 Å². The lowest BCUT2D eigenvalue weighted by Gasteiger charge is -2.11. The molecule has 2 aromatic heterocycles. The minimum Gasteiger partial charge on any atom is -0.339 e. The Kier molecular flexibility index (Phi) is 3.75. The summed E-state index contributed by atoms with van der Waals surface area (Å²) in [5, 5.41) is 4.56. The fraction of sp³-hybridized carbons (Fsp3) is 0.100. The lowest BCUT2D eigenvalue weighted by atomic mass is 10.2. The molecular weight excluding hydrogens is 314 g/mol. The Labute approximate surface area is 145 Å². The third kappa shape index (κ3) is 2.76. The highest BCUT2D eigenvalue weighted by atomic mass is 32.1. The summed E-state index contributed by atoms with van der Waals surface area (Å²) in [6.45, 7) is 4.20. The number of thiophene rings is 1. The van der Waals surface area contributed by atoms with Gasteiger partial charge in [-0.2, -0.15) is 0 Å². The van der Waals surface area contributed by atoms with Crippen LogP contribution in [0.3, 0.4) is 0 Å². The largest absolute Gasteiger partial charge is 0.339 e. The van der Waals surface area contributed by atoms with Crippen molar-refractivity contribution >= 4 is 33.1 Å². The summed E-state index contributed by atoms with van der Waals surface area (Å²) in [5.74, 6) is 1.61. The van der Waals surface area contributed by atoms with Gasteiger partial charge in [0.1, 0.15) is 10.6 Å². The van der Waals surface area contributed by atoms with Gasteiger partial charge in [-0.3, -0.25) is 0 Å². The molecule has 0 aliphatic carbocycles. The summed E-state index contributed by atoms with van der Waals surface area (Å²) in [6, 6.07) is 20.5. The van der Waals surface area contributed by atoms with E-state index in [1.165, 1.54) is 10.4 Å². The van der Waals surface area contributed by atoms with Crippen molar-refractivity contribution in [1.29, 1.82) is 0 Å². The second-order valence-corrected chi connectivity index (χ2v) is 7.01. The van der Waals surface area contributed by atoms with E-state index in [1.54, 1.807) is 11.3 Å². The van der Waals surface area contributed by atoms with Crippen LogP contribution in [0.25, 0.3) is 21.6 Å². The highest BCUT2D eigenvalue weighted by Crippen LogP contribution is 2.33. The van der Waals surface area contributed by atoms with Crippen molar-refractivity contribution in [3.8, 4) is 11.4 Å². The lowest BCUT2D eigenvalue weighted by molar-refractivity contribution is 1.23. The van der Waals surface area contributed by atoms with Gasteiger partial charge in [-0.05, 0) is 31.5 Å². The molecule has 0 fully saturated rings. The quantitative estimate of drug-likeness (QED) is 0.522. The smallest absolute Gasteiger partial charge is 0.163 e. The molecule has 0 spiro atoms. The molecule has 0 aliphatic rings. The standard InChI is InChI=1S/C20H17N3S/c1-13-8-6-7-11-17(13)21-19-16-12-14(2)24-20(16)23-18(22-19)15-9-4-3-5-10-15/h3-12H,1-2H3,(H,21,22,23). The molecule has 0 atom stereocenters. The van der Waals surface area contributed by atoms with Crippen molar-refractivity contribution in [2.45, 2.75) is 13.8 Å². The van der Waals surface area contributed by atoms with Crippen molar-refractivity contribution in [3.05, 3.63) is 71.1 Å². The zero-order valence-electron chi connectivity index (χ0n) is 13.6. The van der Waals surface area contributed by atoms with Gasteiger partial charge in [0.25, 0.3) is 0 Å². The van der Waals surface area contributed by atoms with Crippen LogP contribution in [0.15, 0.2) is 60.7 Å². The maximum atomic E-state index is 4.81. The molecular formula is C20H17N3S. The van der Waals surface area contributed by atoms with Gasteiger partial charge in [0.05, 0.1) is 5.39 Å². The number of aryl methyl sites for hydroxylation is 2. The molecule has 4 rings (SSSR count). The van der Waals surface area contributed by atoms with Crippen LogP contribution in [0.4, 0.5) is 11.5 Å². The summed E-state index contributed by atoms with van der Waals surface area (Å²) in [7, 11) is 0. The van der Waals surface area contributed by atoms with Crippen LogP contribution in [-0.4, -0.2) is 9.97 Å². The third-order valence-corrected chi connectivity index (χ3v) is 4.89. The van der Waals surface area contributed by atoms with E-state index < -0.39 is 0 Å². The Balaban J connectivity index is 1.88. The second kappa shape index (κ2) is 6.06. The summed E-state index contributed by atoms with van der Waals surface area (Å²) in [4.78, 5) is 11.8. The minimum absolute atomic E-state index is 0.751. The Morgan fingerprint density at radius 1 is 0.875 bits per heavy atom. The molecule has 0 unspecified atom stereocenters. The maximum absolute atomic E-state index is 4.81. The number of nitrogens with one attached hydrogen (secondary N) is 1. The molecule has 4 aromatic rings. The van der Waals surface area contributed by atoms with Crippen molar-refractivity contribution in [2.75, 3.05) is 5.32 Å². The Bertz CT molecular complexity index is 1010. The van der Waals surface area contributed by atoms with Crippen molar-refractivity contribution in [1.82, 2.24) is 9.97 Å². The third-order valence-electron chi connectivity index (χ3n) is 3.95. The van der Waals surface area contributed by atoms with E-state index in [0.717, 1.165) is 33.1 Å². The first-order valence-electron chi connectivity index (χ1n) is 7.87. The molecule has 0 radical (unpaired) electrons. The molecule has 0 aliphatic heterocycles. The van der Waals surface area contributed by atoms with E-state index in [0.29, 0.717) is 0 Å². The van der Waals surface area contributed by atoms with Crippen LogP contribution in [0.1, 0.15) is 10.4 Å². The topological polar surface area (TPSA) is 37.8 Å². The predicted molar refractivity (Wildman–Crippen MR) is 102 cm³/mol. The van der Waals surface area contributed by atoms with E-state index in [9.17, 15) is 0 Å². The second-order valence-electron chi connectivity index (χ2n) is 5.78. The van der Waals surface area contributed by atoms with Gasteiger partial charge in [0.15, 0.2) is 5.82 Å². The van der Waals surface area contributed by atoms with E-state index >= 15 is 0 Å². The Hall–Kier alpha value is -2.72. The number of rotatable bonds is 3. The van der Waals surface area contributed by atoms with Crippen LogP contribution in [-0.2, 0) is 0 Å². The average Bonchev–Trinajstić information content (AvgIpc) is 2.98. The van der Waals surface area contributed by atoms with Crippen LogP contribution in [0.5, 0.6) is 0 Å². The number of benzene rings is 2. The normalized spacial score (nSPS) is 10.9. The van der Waals surface area contributed by atoms with Gasteiger partial charge in [-0.1, -0.05) is 48.5 Å². The van der Waals surface area contributed by atoms with E-state index in [1.807, 2.05) is 42.5 Å². The molecule has 24 heavy (non-hydrogen) atoms. The predicted octanol–water partition coefficient (Wildman–Crippen LogP) is 5.72. The molecule has 1 N–H and O–H groups in total. The molecule has 3 nitrogen and oxygen atoms in total.